The van der Waals surface area contributed by atoms with Crippen LogP contribution < -0.4 is 10.6 Å². The molecule has 0 atom stereocenters. The third kappa shape index (κ3) is 6.78. The van der Waals surface area contributed by atoms with Gasteiger partial charge in [-0.25, -0.2) is 9.38 Å². The van der Waals surface area contributed by atoms with E-state index >= 15 is 0 Å². The molecule has 5 nitrogen and oxygen atoms in total. The average Bonchev–Trinajstić information content (AvgIpc) is 3.14. The number of nitrogens with one attached hydrogen (secondary N) is 2. The second-order valence-electron chi connectivity index (χ2n) is 7.29. The molecular weight excluding hydrogens is 345 g/mol. The lowest BCUT2D eigenvalue weighted by atomic mass is 9.83. The van der Waals surface area contributed by atoms with Crippen LogP contribution in [0.25, 0.3) is 0 Å². The summed E-state index contributed by atoms with van der Waals surface area (Å²) in [5, 5.41) is 16.0. The molecule has 3 N–H and O–H groups in total. The first-order valence-electron chi connectivity index (χ1n) is 10.1. The molecule has 1 aromatic carbocycles. The molecule has 1 aliphatic carbocycles. The molecule has 0 aromatic heterocycles. The first kappa shape index (κ1) is 21.6. The van der Waals surface area contributed by atoms with Crippen molar-refractivity contribution in [2.24, 2.45) is 10.4 Å². The summed E-state index contributed by atoms with van der Waals surface area (Å²) in [5.74, 6) is 0.391. The number of aliphatic imine (C=N–C) groups is 1. The zero-order chi connectivity index (χ0) is 19.5. The molecule has 0 aliphatic heterocycles. The highest BCUT2D eigenvalue weighted by atomic mass is 19.1. The Balaban J connectivity index is 1.98. The number of aliphatic hydroxyl groups is 1. The fraction of sp³-hybridized carbons (Fsp3) is 0.667. The predicted molar refractivity (Wildman–Crippen MR) is 107 cm³/mol. The van der Waals surface area contributed by atoms with Crippen LogP contribution in [0, 0.1) is 11.2 Å². The van der Waals surface area contributed by atoms with Crippen molar-refractivity contribution in [2.75, 3.05) is 26.3 Å². The van der Waals surface area contributed by atoms with Crippen LogP contribution in [0.5, 0.6) is 0 Å². The van der Waals surface area contributed by atoms with Crippen molar-refractivity contribution >= 4 is 5.96 Å². The van der Waals surface area contributed by atoms with Gasteiger partial charge in [0, 0.05) is 31.9 Å². The van der Waals surface area contributed by atoms with Crippen LogP contribution in [-0.4, -0.2) is 37.4 Å². The van der Waals surface area contributed by atoms with Gasteiger partial charge in [0.25, 0.3) is 0 Å². The van der Waals surface area contributed by atoms with Gasteiger partial charge in [0.1, 0.15) is 5.82 Å². The first-order chi connectivity index (χ1) is 13.1. The van der Waals surface area contributed by atoms with Crippen molar-refractivity contribution in [3.8, 4) is 0 Å². The lowest BCUT2D eigenvalue weighted by Gasteiger charge is -2.30. The third-order valence-corrected chi connectivity index (χ3v) is 5.32. The summed E-state index contributed by atoms with van der Waals surface area (Å²) >= 11 is 0. The molecule has 0 spiro atoms. The number of hydrogen-bond donors (Lipinski definition) is 3. The maximum absolute atomic E-state index is 13.5. The SMILES string of the molecule is CCNC(=NCc1ccc(F)c(CO)c1)NCC1(CCOCC)CCCC1. The van der Waals surface area contributed by atoms with Crippen molar-refractivity contribution in [1.29, 1.82) is 0 Å². The average molecular weight is 380 g/mol. The molecule has 2 rings (SSSR count). The lowest BCUT2D eigenvalue weighted by Crippen LogP contribution is -2.43. The van der Waals surface area contributed by atoms with Crippen LogP contribution >= 0.6 is 0 Å². The summed E-state index contributed by atoms with van der Waals surface area (Å²) in [5.41, 5.74) is 1.47. The molecule has 1 aliphatic rings. The van der Waals surface area contributed by atoms with Crippen LogP contribution in [-0.2, 0) is 17.9 Å². The van der Waals surface area contributed by atoms with Crippen molar-refractivity contribution < 1.29 is 14.2 Å². The molecule has 0 amide bonds. The molecule has 1 aromatic rings. The number of halogens is 1. The number of benzene rings is 1. The Labute approximate surface area is 162 Å². The quantitative estimate of drug-likeness (QED) is 0.331. The highest BCUT2D eigenvalue weighted by Gasteiger charge is 2.33. The molecule has 0 radical (unpaired) electrons. The molecular formula is C21H34FN3O2. The fourth-order valence-corrected chi connectivity index (χ4v) is 3.70. The van der Waals surface area contributed by atoms with Crippen molar-refractivity contribution in [1.82, 2.24) is 10.6 Å². The van der Waals surface area contributed by atoms with E-state index in [9.17, 15) is 9.50 Å². The standard InChI is InChI=1S/C21H34FN3O2/c1-3-23-20(24-14-17-7-8-19(22)18(13-17)15-26)25-16-21(9-5-6-10-21)11-12-27-4-2/h7-8,13,26H,3-6,9-12,14-16H2,1-2H3,(H2,23,24,25). The molecule has 152 valence electrons. The zero-order valence-electron chi connectivity index (χ0n) is 16.7. The molecule has 1 fully saturated rings. The highest BCUT2D eigenvalue weighted by Crippen LogP contribution is 2.40. The summed E-state index contributed by atoms with van der Waals surface area (Å²) < 4.78 is 19.1. The lowest BCUT2D eigenvalue weighted by molar-refractivity contribution is 0.105. The van der Waals surface area contributed by atoms with Crippen LogP contribution in [0.1, 0.15) is 57.1 Å². The summed E-state index contributed by atoms with van der Waals surface area (Å²) in [6, 6.07) is 4.77. The molecule has 0 heterocycles. The van der Waals surface area contributed by atoms with Crippen molar-refractivity contribution in [3.63, 3.8) is 0 Å². The number of ether oxygens (including phenoxy) is 1. The van der Waals surface area contributed by atoms with E-state index in [1.807, 2.05) is 13.8 Å². The molecule has 0 unspecified atom stereocenters. The Bertz CT molecular complexity index is 601. The topological polar surface area (TPSA) is 65.9 Å². The minimum atomic E-state index is -0.382. The van der Waals surface area contributed by atoms with Crippen molar-refractivity contribution in [3.05, 3.63) is 35.1 Å². The minimum absolute atomic E-state index is 0.283. The largest absolute Gasteiger partial charge is 0.392 e. The van der Waals surface area contributed by atoms with Crippen LogP contribution in [0.15, 0.2) is 23.2 Å². The smallest absolute Gasteiger partial charge is 0.191 e. The zero-order valence-corrected chi connectivity index (χ0v) is 16.7. The van der Waals surface area contributed by atoms with E-state index in [2.05, 4.69) is 15.6 Å². The molecule has 0 bridgehead atoms. The van der Waals surface area contributed by atoms with Crippen LogP contribution in [0.3, 0.4) is 0 Å². The van der Waals surface area contributed by atoms with Gasteiger partial charge in [-0.3, -0.25) is 0 Å². The summed E-state index contributed by atoms with van der Waals surface area (Å²) in [7, 11) is 0. The number of rotatable bonds is 10. The fourth-order valence-electron chi connectivity index (χ4n) is 3.70. The van der Waals surface area contributed by atoms with E-state index in [4.69, 9.17) is 4.74 Å². The van der Waals surface area contributed by atoms with E-state index in [1.165, 1.54) is 31.7 Å². The van der Waals surface area contributed by atoms with Gasteiger partial charge in [0.15, 0.2) is 5.96 Å². The van der Waals surface area contributed by atoms with E-state index in [0.29, 0.717) is 12.1 Å². The second kappa shape index (κ2) is 11.2. The minimum Gasteiger partial charge on any atom is -0.392 e. The Kier molecular flexibility index (Phi) is 9.01. The van der Waals surface area contributed by atoms with Gasteiger partial charge in [-0.05, 0) is 56.2 Å². The third-order valence-electron chi connectivity index (χ3n) is 5.32. The van der Waals surface area contributed by atoms with E-state index in [-0.39, 0.29) is 17.8 Å². The number of nitrogens with zero attached hydrogens (tertiary/aromatic N) is 1. The van der Waals surface area contributed by atoms with Gasteiger partial charge in [0.2, 0.25) is 0 Å². The van der Waals surface area contributed by atoms with E-state index in [0.717, 1.165) is 44.2 Å². The highest BCUT2D eigenvalue weighted by molar-refractivity contribution is 5.79. The Morgan fingerprint density at radius 1 is 1.26 bits per heavy atom. The maximum atomic E-state index is 13.5. The van der Waals surface area contributed by atoms with E-state index in [1.54, 1.807) is 12.1 Å². The monoisotopic (exact) mass is 379 g/mol. The van der Waals surface area contributed by atoms with Crippen LogP contribution in [0.4, 0.5) is 4.39 Å². The number of guanidine groups is 1. The molecule has 1 saturated carbocycles. The number of aliphatic hydroxyl groups excluding tert-OH is 1. The van der Waals surface area contributed by atoms with Crippen LogP contribution in [0.2, 0.25) is 0 Å². The maximum Gasteiger partial charge on any atom is 0.191 e. The number of hydrogen-bond acceptors (Lipinski definition) is 3. The first-order valence-corrected chi connectivity index (χ1v) is 10.1. The van der Waals surface area contributed by atoms with Gasteiger partial charge in [0.05, 0.1) is 13.2 Å². The van der Waals surface area contributed by atoms with Gasteiger partial charge >= 0.3 is 0 Å². The normalized spacial score (nSPS) is 16.5. The predicted octanol–water partition coefficient (Wildman–Crippen LogP) is 3.36. The Morgan fingerprint density at radius 3 is 2.70 bits per heavy atom. The summed E-state index contributed by atoms with van der Waals surface area (Å²) in [6.45, 7) is 7.46. The van der Waals surface area contributed by atoms with Gasteiger partial charge in [-0.15, -0.1) is 0 Å². The van der Waals surface area contributed by atoms with Gasteiger partial charge < -0.3 is 20.5 Å². The molecule has 27 heavy (non-hydrogen) atoms. The molecule has 6 heteroatoms. The van der Waals surface area contributed by atoms with Crippen molar-refractivity contribution in [2.45, 2.75) is 59.1 Å². The summed E-state index contributed by atoms with van der Waals surface area (Å²) in [6.07, 6.45) is 6.08. The summed E-state index contributed by atoms with van der Waals surface area (Å²) in [4.78, 5) is 4.64. The van der Waals surface area contributed by atoms with E-state index < -0.39 is 0 Å². The Hall–Kier alpha value is -1.66. The van der Waals surface area contributed by atoms with Gasteiger partial charge in [-0.2, -0.15) is 0 Å². The second-order valence-corrected chi connectivity index (χ2v) is 7.29. The van der Waals surface area contributed by atoms with Gasteiger partial charge in [-0.1, -0.05) is 18.9 Å². The molecule has 0 saturated heterocycles. The Morgan fingerprint density at radius 2 is 2.04 bits per heavy atom.